The van der Waals surface area contributed by atoms with Gasteiger partial charge in [-0.2, -0.15) is 5.26 Å². The molecule has 1 unspecified atom stereocenters. The van der Waals surface area contributed by atoms with Crippen molar-refractivity contribution >= 4 is 5.91 Å². The molecule has 4 nitrogen and oxygen atoms in total. The van der Waals surface area contributed by atoms with Gasteiger partial charge in [-0.15, -0.1) is 0 Å². The lowest BCUT2D eigenvalue weighted by Gasteiger charge is -2.10. The number of hydrogen-bond acceptors (Lipinski definition) is 3. The lowest BCUT2D eigenvalue weighted by atomic mass is 10.1. The molecule has 1 aromatic rings. The normalized spacial score (nSPS) is 11.6. The topological polar surface area (TPSA) is 62.1 Å². The predicted molar refractivity (Wildman–Crippen MR) is 68.7 cm³/mol. The van der Waals surface area contributed by atoms with Gasteiger partial charge in [-0.1, -0.05) is 19.1 Å². The Morgan fingerprint density at radius 3 is 2.67 bits per heavy atom. The quantitative estimate of drug-likeness (QED) is 0.833. The predicted octanol–water partition coefficient (Wildman–Crippen LogP) is 1.85. The molecular formula is C14H18N2O2. The third-order valence-electron chi connectivity index (χ3n) is 2.56. The van der Waals surface area contributed by atoms with Crippen LogP contribution in [-0.4, -0.2) is 19.6 Å². The summed E-state index contributed by atoms with van der Waals surface area (Å²) in [5, 5.41) is 11.5. The van der Waals surface area contributed by atoms with Crippen LogP contribution < -0.4 is 5.32 Å². The number of carbonyl (C=O) groups excluding carboxylic acids is 1. The molecule has 1 rings (SSSR count). The number of rotatable bonds is 6. The van der Waals surface area contributed by atoms with Gasteiger partial charge in [0.25, 0.3) is 0 Å². The molecule has 0 fully saturated rings. The summed E-state index contributed by atoms with van der Waals surface area (Å²) in [6.07, 6.45) is 0.462. The van der Waals surface area contributed by atoms with Gasteiger partial charge in [0.1, 0.15) is 0 Å². The van der Waals surface area contributed by atoms with Crippen molar-refractivity contribution < 1.29 is 9.53 Å². The first kappa shape index (κ1) is 14.2. The molecule has 0 saturated heterocycles. The van der Waals surface area contributed by atoms with E-state index in [1.165, 1.54) is 0 Å². The van der Waals surface area contributed by atoms with Crippen LogP contribution in [0.1, 0.15) is 24.5 Å². The Hall–Kier alpha value is -1.86. The SMILES string of the molecule is COCC(C)CC(=O)NCc1ccc(C#N)cc1. The zero-order valence-electron chi connectivity index (χ0n) is 10.8. The summed E-state index contributed by atoms with van der Waals surface area (Å²) in [7, 11) is 1.63. The van der Waals surface area contributed by atoms with Crippen LogP contribution in [0.2, 0.25) is 0 Å². The first-order chi connectivity index (χ1) is 8.65. The maximum absolute atomic E-state index is 11.6. The molecule has 96 valence electrons. The van der Waals surface area contributed by atoms with Gasteiger partial charge in [-0.25, -0.2) is 0 Å². The molecular weight excluding hydrogens is 228 g/mol. The molecule has 0 aliphatic carbocycles. The highest BCUT2D eigenvalue weighted by Crippen LogP contribution is 2.04. The fourth-order valence-corrected chi connectivity index (χ4v) is 1.63. The van der Waals surface area contributed by atoms with Crippen molar-refractivity contribution in [1.29, 1.82) is 5.26 Å². The average Bonchev–Trinajstić information content (AvgIpc) is 2.37. The molecule has 1 N–H and O–H groups in total. The van der Waals surface area contributed by atoms with Crippen LogP contribution in [0.15, 0.2) is 24.3 Å². The van der Waals surface area contributed by atoms with E-state index in [1.54, 1.807) is 19.2 Å². The molecule has 0 saturated carbocycles. The summed E-state index contributed by atoms with van der Waals surface area (Å²) in [6.45, 7) is 3.05. The van der Waals surface area contributed by atoms with Crippen LogP contribution in [0, 0.1) is 17.2 Å². The van der Waals surface area contributed by atoms with Crippen molar-refractivity contribution in [2.75, 3.05) is 13.7 Å². The number of methoxy groups -OCH3 is 1. The van der Waals surface area contributed by atoms with Gasteiger partial charge < -0.3 is 10.1 Å². The number of nitrogens with one attached hydrogen (secondary N) is 1. The first-order valence-corrected chi connectivity index (χ1v) is 5.90. The van der Waals surface area contributed by atoms with Crippen molar-refractivity contribution in [2.24, 2.45) is 5.92 Å². The second kappa shape index (κ2) is 7.46. The summed E-state index contributed by atoms with van der Waals surface area (Å²) >= 11 is 0. The Labute approximate surface area is 108 Å². The van der Waals surface area contributed by atoms with E-state index in [4.69, 9.17) is 10.00 Å². The lowest BCUT2D eigenvalue weighted by molar-refractivity contribution is -0.122. The van der Waals surface area contributed by atoms with E-state index in [0.29, 0.717) is 25.1 Å². The Bertz CT molecular complexity index is 420. The standard InChI is InChI=1S/C14H18N2O2/c1-11(10-18-2)7-14(17)16-9-13-5-3-12(8-15)4-6-13/h3-6,11H,7,9-10H2,1-2H3,(H,16,17). The number of nitriles is 1. The van der Waals surface area contributed by atoms with E-state index in [2.05, 4.69) is 11.4 Å². The number of nitrogens with zero attached hydrogens (tertiary/aromatic N) is 1. The van der Waals surface area contributed by atoms with Crippen LogP contribution in [0.25, 0.3) is 0 Å². The third kappa shape index (κ3) is 4.98. The van der Waals surface area contributed by atoms with E-state index < -0.39 is 0 Å². The molecule has 1 atom stereocenters. The zero-order valence-corrected chi connectivity index (χ0v) is 10.8. The molecule has 0 aliphatic heterocycles. The smallest absolute Gasteiger partial charge is 0.220 e. The zero-order chi connectivity index (χ0) is 13.4. The molecule has 0 spiro atoms. The van der Waals surface area contributed by atoms with Crippen molar-refractivity contribution in [2.45, 2.75) is 19.9 Å². The van der Waals surface area contributed by atoms with Crippen LogP contribution in [0.4, 0.5) is 0 Å². The second-order valence-electron chi connectivity index (χ2n) is 4.35. The number of ether oxygens (including phenoxy) is 1. The van der Waals surface area contributed by atoms with Gasteiger partial charge >= 0.3 is 0 Å². The van der Waals surface area contributed by atoms with E-state index in [9.17, 15) is 4.79 Å². The maximum Gasteiger partial charge on any atom is 0.220 e. The Kier molecular flexibility index (Phi) is 5.89. The third-order valence-corrected chi connectivity index (χ3v) is 2.56. The van der Waals surface area contributed by atoms with Gasteiger partial charge in [-0.3, -0.25) is 4.79 Å². The number of benzene rings is 1. The molecule has 1 amide bonds. The minimum atomic E-state index is 0.0175. The van der Waals surface area contributed by atoms with Gasteiger partial charge in [0, 0.05) is 26.7 Å². The van der Waals surface area contributed by atoms with Gasteiger partial charge in [-0.05, 0) is 23.6 Å². The van der Waals surface area contributed by atoms with Crippen molar-refractivity contribution in [3.63, 3.8) is 0 Å². The highest BCUT2D eigenvalue weighted by atomic mass is 16.5. The van der Waals surface area contributed by atoms with Crippen molar-refractivity contribution in [3.05, 3.63) is 35.4 Å². The van der Waals surface area contributed by atoms with E-state index in [1.807, 2.05) is 19.1 Å². The van der Waals surface area contributed by atoms with Crippen LogP contribution in [0.5, 0.6) is 0 Å². The average molecular weight is 246 g/mol. The summed E-state index contributed by atoms with van der Waals surface area (Å²) in [5.41, 5.74) is 1.61. The fourth-order valence-electron chi connectivity index (χ4n) is 1.63. The molecule has 1 aromatic carbocycles. The molecule has 18 heavy (non-hydrogen) atoms. The number of carbonyl (C=O) groups is 1. The highest BCUT2D eigenvalue weighted by Gasteiger charge is 2.08. The Morgan fingerprint density at radius 1 is 1.44 bits per heavy atom. The van der Waals surface area contributed by atoms with Crippen molar-refractivity contribution in [1.82, 2.24) is 5.32 Å². The van der Waals surface area contributed by atoms with Crippen molar-refractivity contribution in [3.8, 4) is 6.07 Å². The lowest BCUT2D eigenvalue weighted by Crippen LogP contribution is -2.25. The van der Waals surface area contributed by atoms with Gasteiger partial charge in [0.15, 0.2) is 0 Å². The Morgan fingerprint density at radius 2 is 2.11 bits per heavy atom. The molecule has 0 aliphatic rings. The Balaban J connectivity index is 2.35. The van der Waals surface area contributed by atoms with Crippen LogP contribution >= 0.6 is 0 Å². The minimum absolute atomic E-state index is 0.0175. The summed E-state index contributed by atoms with van der Waals surface area (Å²) in [5.74, 6) is 0.236. The molecule has 0 bridgehead atoms. The highest BCUT2D eigenvalue weighted by molar-refractivity contribution is 5.76. The van der Waals surface area contributed by atoms with E-state index >= 15 is 0 Å². The summed E-state index contributed by atoms with van der Waals surface area (Å²) in [4.78, 5) is 11.6. The fraction of sp³-hybridized carbons (Fsp3) is 0.429. The molecule has 0 radical (unpaired) electrons. The van der Waals surface area contributed by atoms with Gasteiger partial charge in [0.05, 0.1) is 11.6 Å². The second-order valence-corrected chi connectivity index (χ2v) is 4.35. The van der Waals surface area contributed by atoms with Crippen LogP contribution in [-0.2, 0) is 16.1 Å². The molecule has 0 aromatic heterocycles. The number of amides is 1. The van der Waals surface area contributed by atoms with E-state index in [0.717, 1.165) is 5.56 Å². The largest absolute Gasteiger partial charge is 0.384 e. The van der Waals surface area contributed by atoms with Crippen LogP contribution in [0.3, 0.4) is 0 Å². The monoisotopic (exact) mass is 246 g/mol. The first-order valence-electron chi connectivity index (χ1n) is 5.90. The van der Waals surface area contributed by atoms with Gasteiger partial charge in [0.2, 0.25) is 5.91 Å². The molecule has 4 heteroatoms. The van der Waals surface area contributed by atoms with E-state index in [-0.39, 0.29) is 11.8 Å². The minimum Gasteiger partial charge on any atom is -0.384 e. The number of hydrogen-bond donors (Lipinski definition) is 1. The summed E-state index contributed by atoms with van der Waals surface area (Å²) in [6, 6.07) is 9.24. The molecule has 0 heterocycles. The maximum atomic E-state index is 11.6. The summed E-state index contributed by atoms with van der Waals surface area (Å²) < 4.78 is 4.98.